The number of methoxy groups -OCH3 is 1. The quantitative estimate of drug-likeness (QED) is 0.784. The summed E-state index contributed by atoms with van der Waals surface area (Å²) in [5.74, 6) is 0.339. The Labute approximate surface area is 164 Å². The number of nitrogens with zero attached hydrogens (tertiary/aromatic N) is 1. The molecule has 3 rings (SSSR count). The van der Waals surface area contributed by atoms with Gasteiger partial charge in [0.2, 0.25) is 5.91 Å². The van der Waals surface area contributed by atoms with Crippen molar-refractivity contribution in [1.29, 1.82) is 0 Å². The summed E-state index contributed by atoms with van der Waals surface area (Å²) in [6, 6.07) is 10.6. The van der Waals surface area contributed by atoms with E-state index in [2.05, 4.69) is 12.2 Å². The van der Waals surface area contributed by atoms with Gasteiger partial charge in [0, 0.05) is 29.4 Å². The molecular weight excluding hydrogens is 364 g/mol. The molecule has 0 unspecified atom stereocenters. The molecule has 0 aliphatic carbocycles. The highest BCUT2D eigenvalue weighted by molar-refractivity contribution is 6.31. The molecule has 0 saturated carbocycles. The van der Waals surface area contributed by atoms with Crippen LogP contribution in [0, 0.1) is 0 Å². The third-order valence-corrected chi connectivity index (χ3v) is 4.91. The number of benzene rings is 2. The van der Waals surface area contributed by atoms with Crippen LogP contribution in [0.15, 0.2) is 36.4 Å². The molecule has 0 saturated heterocycles. The van der Waals surface area contributed by atoms with Gasteiger partial charge in [-0.25, -0.2) is 0 Å². The molecular formula is C21H23ClN2O3. The second-order valence-electron chi connectivity index (χ2n) is 6.54. The van der Waals surface area contributed by atoms with Crippen molar-refractivity contribution in [3.63, 3.8) is 0 Å². The number of amides is 2. The molecule has 1 aliphatic rings. The third kappa shape index (κ3) is 4.25. The minimum absolute atomic E-state index is 0.163. The lowest BCUT2D eigenvalue weighted by Crippen LogP contribution is -2.35. The molecule has 0 bridgehead atoms. The highest BCUT2D eigenvalue weighted by Crippen LogP contribution is 2.31. The highest BCUT2D eigenvalue weighted by atomic mass is 35.5. The molecule has 0 atom stereocenters. The van der Waals surface area contributed by atoms with E-state index < -0.39 is 0 Å². The molecule has 0 fully saturated rings. The number of nitrogens with one attached hydrogen (secondary N) is 1. The zero-order valence-electron chi connectivity index (χ0n) is 15.5. The zero-order valence-corrected chi connectivity index (χ0v) is 16.3. The first-order chi connectivity index (χ1) is 13.0. The number of aryl methyl sites for hydroxylation is 1. The van der Waals surface area contributed by atoms with Crippen LogP contribution in [0.3, 0.4) is 0 Å². The average molecular weight is 387 g/mol. The predicted octanol–water partition coefficient (Wildman–Crippen LogP) is 4.68. The number of hydrogen-bond donors (Lipinski definition) is 1. The van der Waals surface area contributed by atoms with E-state index in [-0.39, 0.29) is 11.8 Å². The van der Waals surface area contributed by atoms with Crippen LogP contribution in [0.5, 0.6) is 5.75 Å². The van der Waals surface area contributed by atoms with Gasteiger partial charge in [-0.3, -0.25) is 9.59 Å². The van der Waals surface area contributed by atoms with Crippen molar-refractivity contribution >= 4 is 34.8 Å². The summed E-state index contributed by atoms with van der Waals surface area (Å²) in [6.07, 6.45) is 3.18. The zero-order chi connectivity index (χ0) is 19.4. The highest BCUT2D eigenvalue weighted by Gasteiger charge is 2.24. The summed E-state index contributed by atoms with van der Waals surface area (Å²) in [4.78, 5) is 26.8. The number of halogens is 1. The number of anilines is 2. The van der Waals surface area contributed by atoms with Gasteiger partial charge in [0.25, 0.3) is 5.91 Å². The SMILES string of the molecule is CCCCN1C(=O)CCc2cc(NC(=O)c3cc(Cl)ccc3OC)ccc21. The number of hydrogen-bond acceptors (Lipinski definition) is 3. The van der Waals surface area contributed by atoms with Gasteiger partial charge >= 0.3 is 0 Å². The number of unbranched alkanes of at least 4 members (excludes halogenated alkanes) is 1. The first-order valence-electron chi connectivity index (χ1n) is 9.11. The van der Waals surface area contributed by atoms with Crippen LogP contribution in [0.4, 0.5) is 11.4 Å². The van der Waals surface area contributed by atoms with Crippen molar-refractivity contribution in [3.8, 4) is 5.75 Å². The molecule has 5 nitrogen and oxygen atoms in total. The summed E-state index contributed by atoms with van der Waals surface area (Å²) >= 11 is 6.01. The largest absolute Gasteiger partial charge is 0.496 e. The lowest BCUT2D eigenvalue weighted by molar-refractivity contribution is -0.118. The summed E-state index contributed by atoms with van der Waals surface area (Å²) in [7, 11) is 1.51. The Morgan fingerprint density at radius 3 is 2.78 bits per heavy atom. The minimum Gasteiger partial charge on any atom is -0.496 e. The fourth-order valence-electron chi connectivity index (χ4n) is 3.26. The number of fused-ring (bicyclic) bond motifs is 1. The lowest BCUT2D eigenvalue weighted by atomic mass is 10.00. The van der Waals surface area contributed by atoms with Crippen molar-refractivity contribution < 1.29 is 14.3 Å². The van der Waals surface area contributed by atoms with Gasteiger partial charge in [0.1, 0.15) is 5.75 Å². The monoisotopic (exact) mass is 386 g/mol. The first-order valence-corrected chi connectivity index (χ1v) is 9.49. The molecule has 6 heteroatoms. The lowest BCUT2D eigenvalue weighted by Gasteiger charge is -2.29. The van der Waals surface area contributed by atoms with Crippen molar-refractivity contribution in [3.05, 3.63) is 52.5 Å². The number of ether oxygens (including phenoxy) is 1. The normalized spacial score (nSPS) is 13.3. The van der Waals surface area contributed by atoms with E-state index in [1.807, 2.05) is 23.1 Å². The Morgan fingerprint density at radius 2 is 2.04 bits per heavy atom. The summed E-state index contributed by atoms with van der Waals surface area (Å²) in [5, 5.41) is 3.37. The summed E-state index contributed by atoms with van der Waals surface area (Å²) in [5.41, 5.74) is 3.08. The van der Waals surface area contributed by atoms with Gasteiger partial charge in [-0.05, 0) is 54.8 Å². The molecule has 27 heavy (non-hydrogen) atoms. The maximum absolute atomic E-state index is 12.7. The Hall–Kier alpha value is -2.53. The molecule has 2 aromatic rings. The Morgan fingerprint density at radius 1 is 1.22 bits per heavy atom. The van der Waals surface area contributed by atoms with Crippen LogP contribution in [0.2, 0.25) is 5.02 Å². The second-order valence-corrected chi connectivity index (χ2v) is 6.98. The van der Waals surface area contributed by atoms with E-state index in [1.54, 1.807) is 18.2 Å². The van der Waals surface area contributed by atoms with E-state index in [0.717, 1.165) is 30.6 Å². The summed E-state index contributed by atoms with van der Waals surface area (Å²) < 4.78 is 5.25. The number of carbonyl (C=O) groups excluding carboxylic acids is 2. The molecule has 0 radical (unpaired) electrons. The second kappa shape index (κ2) is 8.44. The van der Waals surface area contributed by atoms with Gasteiger partial charge in [-0.1, -0.05) is 24.9 Å². The van der Waals surface area contributed by atoms with Gasteiger partial charge in [-0.2, -0.15) is 0 Å². The van der Waals surface area contributed by atoms with Gasteiger partial charge in [0.15, 0.2) is 0 Å². The minimum atomic E-state index is -0.288. The molecule has 1 aliphatic heterocycles. The molecule has 0 aromatic heterocycles. The molecule has 0 spiro atoms. The smallest absolute Gasteiger partial charge is 0.259 e. The van der Waals surface area contributed by atoms with Crippen molar-refractivity contribution in [2.75, 3.05) is 23.9 Å². The molecule has 1 heterocycles. The molecule has 142 valence electrons. The molecule has 1 N–H and O–H groups in total. The van der Waals surface area contributed by atoms with Crippen LogP contribution >= 0.6 is 11.6 Å². The third-order valence-electron chi connectivity index (χ3n) is 4.68. The molecule has 2 aromatic carbocycles. The van der Waals surface area contributed by atoms with Crippen molar-refractivity contribution in [2.45, 2.75) is 32.6 Å². The number of rotatable bonds is 6. The van der Waals surface area contributed by atoms with Crippen LogP contribution in [-0.4, -0.2) is 25.5 Å². The van der Waals surface area contributed by atoms with Crippen molar-refractivity contribution in [1.82, 2.24) is 0 Å². The standard InChI is InChI=1S/C21H23ClN2O3/c1-3-4-11-24-18-8-7-16(12-14(18)5-10-20(24)25)23-21(26)17-13-15(22)6-9-19(17)27-2/h6-9,12-13H,3-5,10-11H2,1-2H3,(H,23,26). The van der Waals surface area contributed by atoms with Crippen LogP contribution < -0.4 is 15.0 Å². The van der Waals surface area contributed by atoms with E-state index in [0.29, 0.717) is 34.9 Å². The topological polar surface area (TPSA) is 58.6 Å². The van der Waals surface area contributed by atoms with Crippen LogP contribution in [0.1, 0.15) is 42.1 Å². The Kier molecular flexibility index (Phi) is 6.01. The van der Waals surface area contributed by atoms with Gasteiger partial charge in [-0.15, -0.1) is 0 Å². The summed E-state index contributed by atoms with van der Waals surface area (Å²) in [6.45, 7) is 2.84. The van der Waals surface area contributed by atoms with Crippen LogP contribution in [0.25, 0.3) is 0 Å². The van der Waals surface area contributed by atoms with Gasteiger partial charge in [0.05, 0.1) is 12.7 Å². The average Bonchev–Trinajstić information content (AvgIpc) is 2.67. The predicted molar refractivity (Wildman–Crippen MR) is 108 cm³/mol. The van der Waals surface area contributed by atoms with Crippen molar-refractivity contribution in [2.24, 2.45) is 0 Å². The number of carbonyl (C=O) groups is 2. The van der Waals surface area contributed by atoms with E-state index >= 15 is 0 Å². The van der Waals surface area contributed by atoms with Crippen LogP contribution in [-0.2, 0) is 11.2 Å². The molecule has 2 amide bonds. The Bertz CT molecular complexity index is 867. The van der Waals surface area contributed by atoms with E-state index in [9.17, 15) is 9.59 Å². The Balaban J connectivity index is 1.82. The fourth-order valence-corrected chi connectivity index (χ4v) is 3.43. The maximum atomic E-state index is 12.7. The first kappa shape index (κ1) is 19.2. The fraction of sp³-hybridized carbons (Fsp3) is 0.333. The van der Waals surface area contributed by atoms with Gasteiger partial charge < -0.3 is 15.0 Å². The van der Waals surface area contributed by atoms with E-state index in [4.69, 9.17) is 16.3 Å². The maximum Gasteiger partial charge on any atom is 0.259 e. The van der Waals surface area contributed by atoms with E-state index in [1.165, 1.54) is 7.11 Å².